The first kappa shape index (κ1) is 9.72. The van der Waals surface area contributed by atoms with Crippen LogP contribution in [0.15, 0.2) is 0 Å². The first-order chi connectivity index (χ1) is 5.90. The van der Waals surface area contributed by atoms with E-state index in [1.165, 1.54) is 30.0 Å². The smallest absolute Gasteiger partial charge is 0.0928 e. The summed E-state index contributed by atoms with van der Waals surface area (Å²) in [4.78, 5) is 6.08. The van der Waals surface area contributed by atoms with Crippen LogP contribution in [0.2, 0.25) is 0 Å². The Morgan fingerprint density at radius 2 is 2.08 bits per heavy atom. The van der Waals surface area contributed by atoms with E-state index in [4.69, 9.17) is 0 Å². The number of nitrogens with zero attached hydrogens (tertiary/aromatic N) is 1. The van der Waals surface area contributed by atoms with Crippen molar-refractivity contribution >= 4 is 11.3 Å². The van der Waals surface area contributed by atoms with Crippen LogP contribution in [0.5, 0.6) is 0 Å². The predicted molar refractivity (Wildman–Crippen MR) is 54.9 cm³/mol. The Balaban J connectivity index is 0.000000336. The molecule has 0 spiro atoms. The summed E-state index contributed by atoms with van der Waals surface area (Å²) < 4.78 is 0. The Morgan fingerprint density at radius 3 is 2.67 bits per heavy atom. The SMILES string of the molecule is CC.CCc1nc2c(s1)CCC2. The quantitative estimate of drug-likeness (QED) is 0.651. The number of thiazole rings is 1. The number of aromatic nitrogens is 1. The highest BCUT2D eigenvalue weighted by atomic mass is 32.1. The Kier molecular flexibility index (Phi) is 3.73. The predicted octanol–water partition coefficient (Wildman–Crippen LogP) is 3.22. The van der Waals surface area contributed by atoms with E-state index in [-0.39, 0.29) is 0 Å². The van der Waals surface area contributed by atoms with Crippen LogP contribution in [0, 0.1) is 0 Å². The minimum absolute atomic E-state index is 1.11. The molecule has 2 heteroatoms. The molecular weight excluding hydrogens is 166 g/mol. The van der Waals surface area contributed by atoms with Gasteiger partial charge in [0.2, 0.25) is 0 Å². The van der Waals surface area contributed by atoms with Gasteiger partial charge in [0.1, 0.15) is 0 Å². The standard InChI is InChI=1S/C8H11NS.C2H6/c1-2-8-9-6-4-3-5-7(6)10-8;1-2/h2-5H2,1H3;1-2H3. The molecule has 0 saturated heterocycles. The normalized spacial score (nSPS) is 13.6. The monoisotopic (exact) mass is 183 g/mol. The summed E-state index contributed by atoms with van der Waals surface area (Å²) in [5.74, 6) is 0. The maximum absolute atomic E-state index is 4.53. The third-order valence-corrected chi connectivity index (χ3v) is 3.24. The Morgan fingerprint density at radius 1 is 1.33 bits per heavy atom. The molecular formula is C10H17NS. The van der Waals surface area contributed by atoms with Gasteiger partial charge in [0.25, 0.3) is 0 Å². The fourth-order valence-electron chi connectivity index (χ4n) is 1.40. The topological polar surface area (TPSA) is 12.9 Å². The van der Waals surface area contributed by atoms with Gasteiger partial charge in [-0.15, -0.1) is 11.3 Å². The van der Waals surface area contributed by atoms with E-state index in [9.17, 15) is 0 Å². The molecule has 0 N–H and O–H groups in total. The average Bonchev–Trinajstić information content (AvgIpc) is 2.65. The number of aryl methyl sites for hydroxylation is 3. The van der Waals surface area contributed by atoms with E-state index in [0.717, 1.165) is 6.42 Å². The molecule has 2 rings (SSSR count). The van der Waals surface area contributed by atoms with Gasteiger partial charge in [-0.25, -0.2) is 4.98 Å². The van der Waals surface area contributed by atoms with Crippen LogP contribution in [0.4, 0.5) is 0 Å². The summed E-state index contributed by atoms with van der Waals surface area (Å²) in [5.41, 5.74) is 1.39. The molecule has 12 heavy (non-hydrogen) atoms. The van der Waals surface area contributed by atoms with Crippen LogP contribution in [0.3, 0.4) is 0 Å². The van der Waals surface area contributed by atoms with Gasteiger partial charge in [-0.3, -0.25) is 0 Å². The van der Waals surface area contributed by atoms with Gasteiger partial charge in [-0.1, -0.05) is 20.8 Å². The van der Waals surface area contributed by atoms with Crippen molar-refractivity contribution in [3.63, 3.8) is 0 Å². The third-order valence-electron chi connectivity index (χ3n) is 1.94. The fraction of sp³-hybridized carbons (Fsp3) is 0.700. The molecule has 0 aliphatic heterocycles. The minimum Gasteiger partial charge on any atom is -0.246 e. The first-order valence-corrected chi connectivity index (χ1v) is 5.69. The van der Waals surface area contributed by atoms with Crippen molar-refractivity contribution in [1.29, 1.82) is 0 Å². The maximum Gasteiger partial charge on any atom is 0.0928 e. The lowest BCUT2D eigenvalue weighted by Crippen LogP contribution is -1.80. The molecule has 0 radical (unpaired) electrons. The van der Waals surface area contributed by atoms with Crippen molar-refractivity contribution in [3.05, 3.63) is 15.6 Å². The van der Waals surface area contributed by atoms with Crippen LogP contribution in [-0.4, -0.2) is 4.98 Å². The van der Waals surface area contributed by atoms with Gasteiger partial charge in [-0.2, -0.15) is 0 Å². The lowest BCUT2D eigenvalue weighted by atomic mass is 10.4. The van der Waals surface area contributed by atoms with Crippen molar-refractivity contribution in [2.45, 2.75) is 46.5 Å². The van der Waals surface area contributed by atoms with Gasteiger partial charge in [0.15, 0.2) is 0 Å². The van der Waals surface area contributed by atoms with Gasteiger partial charge < -0.3 is 0 Å². The van der Waals surface area contributed by atoms with Gasteiger partial charge in [0, 0.05) is 4.88 Å². The second-order valence-corrected chi connectivity index (χ2v) is 3.85. The first-order valence-electron chi connectivity index (χ1n) is 4.87. The summed E-state index contributed by atoms with van der Waals surface area (Å²) in [6.07, 6.45) is 4.95. The van der Waals surface area contributed by atoms with E-state index in [0.29, 0.717) is 0 Å². The molecule has 0 saturated carbocycles. The fourth-order valence-corrected chi connectivity index (χ4v) is 2.49. The average molecular weight is 183 g/mol. The molecule has 68 valence electrons. The van der Waals surface area contributed by atoms with E-state index >= 15 is 0 Å². The lowest BCUT2D eigenvalue weighted by molar-refractivity contribution is 0.891. The highest BCUT2D eigenvalue weighted by Crippen LogP contribution is 2.27. The zero-order chi connectivity index (χ0) is 8.97. The largest absolute Gasteiger partial charge is 0.246 e. The molecule has 1 aliphatic carbocycles. The zero-order valence-electron chi connectivity index (χ0n) is 8.18. The number of rotatable bonds is 1. The highest BCUT2D eigenvalue weighted by molar-refractivity contribution is 7.11. The van der Waals surface area contributed by atoms with Gasteiger partial charge >= 0.3 is 0 Å². The van der Waals surface area contributed by atoms with Gasteiger partial charge in [0.05, 0.1) is 10.7 Å². The molecule has 1 aromatic rings. The summed E-state index contributed by atoms with van der Waals surface area (Å²) in [7, 11) is 0. The Hall–Kier alpha value is -0.370. The zero-order valence-corrected chi connectivity index (χ0v) is 9.00. The maximum atomic E-state index is 4.53. The molecule has 0 fully saturated rings. The molecule has 0 aromatic carbocycles. The second-order valence-electron chi connectivity index (χ2n) is 2.68. The van der Waals surface area contributed by atoms with Crippen molar-refractivity contribution in [2.24, 2.45) is 0 Å². The lowest BCUT2D eigenvalue weighted by Gasteiger charge is -1.84. The molecule has 0 atom stereocenters. The molecule has 0 unspecified atom stereocenters. The molecule has 1 heterocycles. The van der Waals surface area contributed by atoms with Crippen LogP contribution >= 0.6 is 11.3 Å². The van der Waals surface area contributed by atoms with Crippen LogP contribution in [-0.2, 0) is 19.3 Å². The summed E-state index contributed by atoms with van der Waals surface area (Å²) in [6.45, 7) is 6.17. The van der Waals surface area contributed by atoms with Crippen LogP contribution in [0.1, 0.15) is 42.8 Å². The van der Waals surface area contributed by atoms with Crippen molar-refractivity contribution in [3.8, 4) is 0 Å². The molecule has 0 bridgehead atoms. The Bertz CT molecular complexity index is 218. The van der Waals surface area contributed by atoms with E-state index in [2.05, 4.69) is 11.9 Å². The highest BCUT2D eigenvalue weighted by Gasteiger charge is 2.15. The minimum atomic E-state index is 1.11. The second kappa shape index (κ2) is 4.61. The van der Waals surface area contributed by atoms with Gasteiger partial charge in [-0.05, 0) is 25.7 Å². The van der Waals surface area contributed by atoms with E-state index < -0.39 is 0 Å². The number of hydrogen-bond donors (Lipinski definition) is 0. The molecule has 1 nitrogen and oxygen atoms in total. The van der Waals surface area contributed by atoms with Crippen molar-refractivity contribution in [1.82, 2.24) is 4.98 Å². The van der Waals surface area contributed by atoms with Crippen LogP contribution in [0.25, 0.3) is 0 Å². The molecule has 1 aliphatic rings. The Labute approximate surface area is 78.8 Å². The summed E-state index contributed by atoms with van der Waals surface area (Å²) in [5, 5.41) is 1.32. The number of hydrogen-bond acceptors (Lipinski definition) is 2. The van der Waals surface area contributed by atoms with E-state index in [1.54, 1.807) is 4.88 Å². The van der Waals surface area contributed by atoms with Crippen LogP contribution < -0.4 is 0 Å². The molecule has 0 amide bonds. The number of fused-ring (bicyclic) bond motifs is 1. The summed E-state index contributed by atoms with van der Waals surface area (Å²) in [6, 6.07) is 0. The van der Waals surface area contributed by atoms with Crippen molar-refractivity contribution < 1.29 is 0 Å². The van der Waals surface area contributed by atoms with Crippen molar-refractivity contribution in [2.75, 3.05) is 0 Å². The third kappa shape index (κ3) is 1.86. The van der Waals surface area contributed by atoms with E-state index in [1.807, 2.05) is 25.2 Å². The molecule has 1 aromatic heterocycles. The summed E-state index contributed by atoms with van der Waals surface area (Å²) >= 11 is 1.91.